The summed E-state index contributed by atoms with van der Waals surface area (Å²) in [5.41, 5.74) is 0.591. The number of amides is 3. The summed E-state index contributed by atoms with van der Waals surface area (Å²) in [4.78, 5) is 41.3. The van der Waals surface area contributed by atoms with Crippen LogP contribution in [0.3, 0.4) is 0 Å². The number of carbonyl (C=O) groups excluding carboxylic acids is 3. The van der Waals surface area contributed by atoms with E-state index in [4.69, 9.17) is 11.6 Å². The standard InChI is InChI=1S/C21H28ClN3O3/c1-24(14-19(26)23-17-10-5-9-16(22)13-17)21(28)18-11-6-12-25(18)20(27)15-7-3-2-4-8-15/h5,9-10,13,15,18H,2-4,6-8,11-12,14H2,1H3,(H,23,26). The smallest absolute Gasteiger partial charge is 0.245 e. The minimum absolute atomic E-state index is 0.0542. The summed E-state index contributed by atoms with van der Waals surface area (Å²) in [5, 5.41) is 3.28. The van der Waals surface area contributed by atoms with E-state index in [2.05, 4.69) is 5.32 Å². The van der Waals surface area contributed by atoms with Gasteiger partial charge in [0.25, 0.3) is 0 Å². The number of anilines is 1. The van der Waals surface area contributed by atoms with Gasteiger partial charge in [0.15, 0.2) is 0 Å². The fourth-order valence-electron chi connectivity index (χ4n) is 4.19. The average molecular weight is 406 g/mol. The molecular formula is C21H28ClN3O3. The molecule has 152 valence electrons. The number of likely N-dealkylation sites (tertiary alicyclic amines) is 1. The minimum atomic E-state index is -0.446. The van der Waals surface area contributed by atoms with Crippen molar-refractivity contribution < 1.29 is 14.4 Å². The van der Waals surface area contributed by atoms with Gasteiger partial charge in [-0.3, -0.25) is 14.4 Å². The molecule has 6 nitrogen and oxygen atoms in total. The van der Waals surface area contributed by atoms with Crippen LogP contribution in [0.25, 0.3) is 0 Å². The van der Waals surface area contributed by atoms with Gasteiger partial charge in [-0.1, -0.05) is 36.9 Å². The molecule has 7 heteroatoms. The lowest BCUT2D eigenvalue weighted by Gasteiger charge is -2.31. The largest absolute Gasteiger partial charge is 0.335 e. The molecule has 0 radical (unpaired) electrons. The lowest BCUT2D eigenvalue weighted by Crippen LogP contribution is -2.49. The molecule has 28 heavy (non-hydrogen) atoms. The Morgan fingerprint density at radius 3 is 2.61 bits per heavy atom. The normalized spacial score (nSPS) is 20.1. The maximum Gasteiger partial charge on any atom is 0.245 e. The summed E-state index contributed by atoms with van der Waals surface area (Å²) in [6.45, 7) is 0.571. The average Bonchev–Trinajstić information content (AvgIpc) is 3.17. The molecule has 2 fully saturated rings. The van der Waals surface area contributed by atoms with Crippen LogP contribution in [0.2, 0.25) is 5.02 Å². The second kappa shape index (κ2) is 9.41. The third kappa shape index (κ3) is 5.04. The van der Waals surface area contributed by atoms with E-state index in [0.717, 1.165) is 32.1 Å². The van der Waals surface area contributed by atoms with Crippen molar-refractivity contribution in [2.24, 2.45) is 5.92 Å². The Morgan fingerprint density at radius 2 is 1.89 bits per heavy atom. The highest BCUT2D eigenvalue weighted by Crippen LogP contribution is 2.29. The van der Waals surface area contributed by atoms with E-state index in [9.17, 15) is 14.4 Å². The van der Waals surface area contributed by atoms with Crippen LogP contribution in [0.5, 0.6) is 0 Å². The minimum Gasteiger partial charge on any atom is -0.335 e. The van der Waals surface area contributed by atoms with Crippen molar-refractivity contribution in [2.75, 3.05) is 25.5 Å². The van der Waals surface area contributed by atoms with E-state index in [1.165, 1.54) is 11.3 Å². The van der Waals surface area contributed by atoms with Crippen LogP contribution in [0.4, 0.5) is 5.69 Å². The van der Waals surface area contributed by atoms with E-state index in [0.29, 0.717) is 23.7 Å². The molecule has 2 aliphatic rings. The van der Waals surface area contributed by atoms with Crippen LogP contribution in [0, 0.1) is 5.92 Å². The molecule has 1 aliphatic heterocycles. The summed E-state index contributed by atoms with van der Waals surface area (Å²) >= 11 is 5.93. The number of benzene rings is 1. The summed E-state index contributed by atoms with van der Waals surface area (Å²) in [7, 11) is 1.61. The van der Waals surface area contributed by atoms with E-state index in [1.54, 1.807) is 36.2 Å². The summed E-state index contributed by atoms with van der Waals surface area (Å²) < 4.78 is 0. The zero-order chi connectivity index (χ0) is 20.1. The van der Waals surface area contributed by atoms with Gasteiger partial charge in [-0.05, 0) is 43.9 Å². The van der Waals surface area contributed by atoms with Crippen molar-refractivity contribution in [1.82, 2.24) is 9.80 Å². The van der Waals surface area contributed by atoms with Crippen LogP contribution in [0.1, 0.15) is 44.9 Å². The predicted octanol–water partition coefficient (Wildman–Crippen LogP) is 3.31. The van der Waals surface area contributed by atoms with Crippen molar-refractivity contribution in [1.29, 1.82) is 0 Å². The monoisotopic (exact) mass is 405 g/mol. The van der Waals surface area contributed by atoms with Crippen molar-refractivity contribution >= 4 is 35.0 Å². The molecule has 0 spiro atoms. The lowest BCUT2D eigenvalue weighted by molar-refractivity contribution is -0.146. The van der Waals surface area contributed by atoms with Crippen LogP contribution in [-0.4, -0.2) is 53.7 Å². The molecule has 1 aromatic rings. The first-order chi connectivity index (χ1) is 13.5. The third-order valence-electron chi connectivity index (χ3n) is 5.64. The van der Waals surface area contributed by atoms with Gasteiger partial charge >= 0.3 is 0 Å². The zero-order valence-corrected chi connectivity index (χ0v) is 17.1. The Hall–Kier alpha value is -2.08. The zero-order valence-electron chi connectivity index (χ0n) is 16.3. The Kier molecular flexibility index (Phi) is 6.94. The quantitative estimate of drug-likeness (QED) is 0.817. The molecule has 1 atom stereocenters. The number of nitrogens with one attached hydrogen (secondary N) is 1. The topological polar surface area (TPSA) is 69.7 Å². The number of rotatable bonds is 5. The maximum atomic E-state index is 12.9. The molecule has 1 N–H and O–H groups in total. The number of nitrogens with zero attached hydrogens (tertiary/aromatic N) is 2. The molecule has 3 rings (SSSR count). The molecule has 1 saturated carbocycles. The fourth-order valence-corrected chi connectivity index (χ4v) is 4.38. The number of carbonyl (C=O) groups is 3. The first-order valence-corrected chi connectivity index (χ1v) is 10.4. The highest BCUT2D eigenvalue weighted by Gasteiger charge is 2.38. The molecule has 1 heterocycles. The van der Waals surface area contributed by atoms with Gasteiger partial charge in [-0.15, -0.1) is 0 Å². The van der Waals surface area contributed by atoms with E-state index >= 15 is 0 Å². The van der Waals surface area contributed by atoms with Gasteiger partial charge in [0, 0.05) is 30.2 Å². The first-order valence-electron chi connectivity index (χ1n) is 10.1. The van der Waals surface area contributed by atoms with Gasteiger partial charge < -0.3 is 15.1 Å². The third-order valence-corrected chi connectivity index (χ3v) is 5.88. The first kappa shape index (κ1) is 20.6. The van der Waals surface area contributed by atoms with Crippen molar-refractivity contribution in [3.05, 3.63) is 29.3 Å². The van der Waals surface area contributed by atoms with E-state index < -0.39 is 6.04 Å². The van der Waals surface area contributed by atoms with Crippen LogP contribution < -0.4 is 5.32 Å². The highest BCUT2D eigenvalue weighted by atomic mass is 35.5. The van der Waals surface area contributed by atoms with Crippen molar-refractivity contribution in [3.63, 3.8) is 0 Å². The van der Waals surface area contributed by atoms with Gasteiger partial charge in [0.05, 0.1) is 6.54 Å². The second-order valence-electron chi connectivity index (χ2n) is 7.78. The lowest BCUT2D eigenvalue weighted by atomic mass is 9.88. The number of likely N-dealkylation sites (N-methyl/N-ethyl adjacent to an activating group) is 1. The Balaban J connectivity index is 1.56. The Labute approximate surface area is 171 Å². The van der Waals surface area contributed by atoms with Crippen LogP contribution in [-0.2, 0) is 14.4 Å². The molecule has 0 aromatic heterocycles. The van der Waals surface area contributed by atoms with Gasteiger partial charge in [-0.2, -0.15) is 0 Å². The number of hydrogen-bond donors (Lipinski definition) is 1. The number of hydrogen-bond acceptors (Lipinski definition) is 3. The molecular weight excluding hydrogens is 378 g/mol. The van der Waals surface area contributed by atoms with Crippen LogP contribution >= 0.6 is 11.6 Å². The Morgan fingerprint density at radius 1 is 1.14 bits per heavy atom. The highest BCUT2D eigenvalue weighted by molar-refractivity contribution is 6.30. The predicted molar refractivity (Wildman–Crippen MR) is 109 cm³/mol. The molecule has 1 saturated heterocycles. The van der Waals surface area contributed by atoms with Crippen molar-refractivity contribution in [2.45, 2.75) is 51.0 Å². The Bertz CT molecular complexity index is 733. The van der Waals surface area contributed by atoms with Crippen molar-refractivity contribution in [3.8, 4) is 0 Å². The van der Waals surface area contributed by atoms with Gasteiger partial charge in [0.1, 0.15) is 6.04 Å². The fraction of sp³-hybridized carbons (Fsp3) is 0.571. The van der Waals surface area contributed by atoms with Crippen LogP contribution in [0.15, 0.2) is 24.3 Å². The molecule has 1 aromatic carbocycles. The summed E-state index contributed by atoms with van der Waals surface area (Å²) in [6, 6.07) is 6.43. The molecule has 1 unspecified atom stereocenters. The van der Waals surface area contributed by atoms with E-state index in [-0.39, 0.29) is 30.2 Å². The van der Waals surface area contributed by atoms with Gasteiger partial charge in [0.2, 0.25) is 17.7 Å². The molecule has 3 amide bonds. The molecule has 1 aliphatic carbocycles. The van der Waals surface area contributed by atoms with Gasteiger partial charge in [-0.25, -0.2) is 0 Å². The SMILES string of the molecule is CN(CC(=O)Nc1cccc(Cl)c1)C(=O)C1CCCN1C(=O)C1CCCCC1. The molecule has 0 bridgehead atoms. The van der Waals surface area contributed by atoms with E-state index in [1.807, 2.05) is 0 Å². The maximum absolute atomic E-state index is 12.9. The summed E-state index contributed by atoms with van der Waals surface area (Å²) in [5.74, 6) is -0.282. The summed E-state index contributed by atoms with van der Waals surface area (Å²) in [6.07, 6.45) is 6.71. The second-order valence-corrected chi connectivity index (χ2v) is 8.21. The number of halogens is 1.